The Hall–Kier alpha value is -0.950. The third kappa shape index (κ3) is 2.89. The Morgan fingerprint density at radius 3 is 2.33 bits per heavy atom. The first-order valence-electron chi connectivity index (χ1n) is 5.17. The van der Waals surface area contributed by atoms with E-state index in [2.05, 4.69) is 0 Å². The summed E-state index contributed by atoms with van der Waals surface area (Å²) < 4.78 is 22.4. The summed E-state index contributed by atoms with van der Waals surface area (Å²) in [5, 5.41) is 5.00. The third-order valence-electron chi connectivity index (χ3n) is 2.84. The van der Waals surface area contributed by atoms with E-state index in [-0.39, 0.29) is 22.2 Å². The largest absolute Gasteiger partial charge is 0.324 e. The van der Waals surface area contributed by atoms with E-state index in [1.54, 1.807) is 13.8 Å². The minimum absolute atomic E-state index is 0.00658. The van der Waals surface area contributed by atoms with E-state index in [0.29, 0.717) is 5.56 Å². The fourth-order valence-electron chi connectivity index (χ4n) is 1.54. The molecule has 4 N–H and O–H groups in total. The summed E-state index contributed by atoms with van der Waals surface area (Å²) in [4.78, 5) is 11.6. The first-order valence-corrected chi connectivity index (χ1v) is 7.09. The molecule has 0 saturated heterocycles. The molecule has 7 heteroatoms. The molecule has 18 heavy (non-hydrogen) atoms. The van der Waals surface area contributed by atoms with Gasteiger partial charge in [-0.2, -0.15) is 0 Å². The van der Waals surface area contributed by atoms with Gasteiger partial charge in [0.25, 0.3) is 0 Å². The van der Waals surface area contributed by atoms with Crippen LogP contribution in [-0.2, 0) is 20.2 Å². The molecule has 0 amide bonds. The van der Waals surface area contributed by atoms with Gasteiger partial charge in [-0.3, -0.25) is 4.79 Å². The maximum atomic E-state index is 11.7. The van der Waals surface area contributed by atoms with Crippen molar-refractivity contribution in [3.05, 3.63) is 28.8 Å². The number of ketones is 1. The van der Waals surface area contributed by atoms with Crippen molar-refractivity contribution in [1.82, 2.24) is 0 Å². The van der Waals surface area contributed by atoms with Crippen LogP contribution in [0.15, 0.2) is 23.1 Å². The van der Waals surface area contributed by atoms with E-state index in [1.807, 2.05) is 0 Å². The van der Waals surface area contributed by atoms with Crippen LogP contribution in [0.3, 0.4) is 0 Å². The van der Waals surface area contributed by atoms with Gasteiger partial charge in [0.05, 0.1) is 11.6 Å². The second kappa shape index (κ2) is 4.97. The lowest BCUT2D eigenvalue weighted by Crippen LogP contribution is -2.34. The number of carbonyl (C=O) groups is 1. The molecular formula is C11H15ClN2O3S. The molecule has 0 radical (unpaired) electrons. The smallest absolute Gasteiger partial charge is 0.239 e. The Morgan fingerprint density at radius 2 is 1.94 bits per heavy atom. The third-order valence-corrected chi connectivity index (χ3v) is 4.24. The second-order valence-electron chi connectivity index (χ2n) is 4.44. The normalized spacial score (nSPS) is 12.5. The molecule has 0 unspecified atom stereocenters. The second-order valence-corrected chi connectivity index (χ2v) is 6.38. The van der Waals surface area contributed by atoms with Gasteiger partial charge in [0.1, 0.15) is 4.90 Å². The SMILES string of the molecule is CC(C)(C(=O)CN)c1ccc(S(N)(=O)=O)c(Cl)c1. The quantitative estimate of drug-likeness (QED) is 0.855. The van der Waals surface area contributed by atoms with Crippen LogP contribution in [0.2, 0.25) is 5.02 Å². The number of sulfonamides is 1. The van der Waals surface area contributed by atoms with Crippen molar-refractivity contribution < 1.29 is 13.2 Å². The van der Waals surface area contributed by atoms with Crippen molar-refractivity contribution in [2.24, 2.45) is 10.9 Å². The van der Waals surface area contributed by atoms with Crippen LogP contribution < -0.4 is 10.9 Å². The summed E-state index contributed by atoms with van der Waals surface area (Å²) in [7, 11) is -3.86. The summed E-state index contributed by atoms with van der Waals surface area (Å²) in [5.41, 5.74) is 5.10. The van der Waals surface area contributed by atoms with Gasteiger partial charge in [0, 0.05) is 5.41 Å². The fraction of sp³-hybridized carbons (Fsp3) is 0.364. The zero-order valence-corrected chi connectivity index (χ0v) is 11.7. The first kappa shape index (κ1) is 15.1. The monoisotopic (exact) mass is 290 g/mol. The molecule has 100 valence electrons. The highest BCUT2D eigenvalue weighted by Crippen LogP contribution is 2.29. The van der Waals surface area contributed by atoms with Crippen LogP contribution >= 0.6 is 11.6 Å². The number of primary sulfonamides is 1. The number of hydrogen-bond donors (Lipinski definition) is 2. The van der Waals surface area contributed by atoms with Gasteiger partial charge < -0.3 is 5.73 Å². The summed E-state index contributed by atoms with van der Waals surface area (Å²) in [6.07, 6.45) is 0. The molecule has 1 aromatic carbocycles. The topological polar surface area (TPSA) is 103 Å². The summed E-state index contributed by atoms with van der Waals surface area (Å²) >= 11 is 5.87. The molecule has 1 aromatic rings. The van der Waals surface area contributed by atoms with Gasteiger partial charge >= 0.3 is 0 Å². The minimum Gasteiger partial charge on any atom is -0.324 e. The molecule has 0 saturated carbocycles. The molecule has 1 rings (SSSR count). The molecule has 0 aliphatic carbocycles. The lowest BCUT2D eigenvalue weighted by atomic mass is 9.80. The Balaban J connectivity index is 3.33. The Bertz CT molecular complexity index is 582. The summed E-state index contributed by atoms with van der Waals surface area (Å²) in [6, 6.07) is 4.23. The molecular weight excluding hydrogens is 276 g/mol. The van der Waals surface area contributed by atoms with E-state index in [4.69, 9.17) is 22.5 Å². The van der Waals surface area contributed by atoms with Gasteiger partial charge in [-0.05, 0) is 31.5 Å². The van der Waals surface area contributed by atoms with Crippen molar-refractivity contribution in [3.8, 4) is 0 Å². The van der Waals surface area contributed by atoms with Gasteiger partial charge in [-0.25, -0.2) is 13.6 Å². The molecule has 5 nitrogen and oxygen atoms in total. The van der Waals surface area contributed by atoms with Gasteiger partial charge in [-0.15, -0.1) is 0 Å². The zero-order chi connectivity index (χ0) is 14.1. The first-order chi connectivity index (χ1) is 8.10. The molecule has 0 aromatic heterocycles. The van der Waals surface area contributed by atoms with Crippen LogP contribution in [0.25, 0.3) is 0 Å². The van der Waals surface area contributed by atoms with Crippen LogP contribution in [-0.4, -0.2) is 20.7 Å². The lowest BCUT2D eigenvalue weighted by molar-refractivity contribution is -0.122. The van der Waals surface area contributed by atoms with Crippen molar-refractivity contribution in [2.45, 2.75) is 24.2 Å². The maximum absolute atomic E-state index is 11.7. The van der Waals surface area contributed by atoms with Crippen LogP contribution in [0.4, 0.5) is 0 Å². The minimum atomic E-state index is -3.86. The van der Waals surface area contributed by atoms with Crippen LogP contribution in [0, 0.1) is 0 Å². The van der Waals surface area contributed by atoms with E-state index >= 15 is 0 Å². The number of nitrogens with two attached hydrogens (primary N) is 2. The number of Topliss-reactive ketones (excluding diaryl/α,β-unsaturated/α-hetero) is 1. The average Bonchev–Trinajstić information content (AvgIpc) is 2.25. The average molecular weight is 291 g/mol. The highest BCUT2D eigenvalue weighted by Gasteiger charge is 2.29. The molecule has 0 heterocycles. The van der Waals surface area contributed by atoms with Gasteiger partial charge in [-0.1, -0.05) is 17.7 Å². The van der Waals surface area contributed by atoms with E-state index in [9.17, 15) is 13.2 Å². The summed E-state index contributed by atoms with van der Waals surface area (Å²) in [6.45, 7) is 3.30. The molecule has 0 bridgehead atoms. The van der Waals surface area contributed by atoms with Crippen molar-refractivity contribution >= 4 is 27.4 Å². The number of benzene rings is 1. The van der Waals surface area contributed by atoms with Crippen molar-refractivity contribution in [2.75, 3.05) is 6.54 Å². The molecule has 0 fully saturated rings. The van der Waals surface area contributed by atoms with Crippen molar-refractivity contribution in [1.29, 1.82) is 0 Å². The zero-order valence-electron chi connectivity index (χ0n) is 10.1. The van der Waals surface area contributed by atoms with Crippen LogP contribution in [0.1, 0.15) is 19.4 Å². The summed E-state index contributed by atoms with van der Waals surface area (Å²) in [5.74, 6) is -0.165. The molecule has 0 atom stereocenters. The van der Waals surface area contributed by atoms with Crippen molar-refractivity contribution in [3.63, 3.8) is 0 Å². The predicted molar refractivity (Wildman–Crippen MR) is 69.9 cm³/mol. The highest BCUT2D eigenvalue weighted by molar-refractivity contribution is 7.89. The van der Waals surface area contributed by atoms with Gasteiger partial charge in [0.2, 0.25) is 10.0 Å². The lowest BCUT2D eigenvalue weighted by Gasteiger charge is -2.23. The highest BCUT2D eigenvalue weighted by atomic mass is 35.5. The number of rotatable bonds is 4. The number of carbonyl (C=O) groups excluding carboxylic acids is 1. The maximum Gasteiger partial charge on any atom is 0.239 e. The van der Waals surface area contributed by atoms with E-state index < -0.39 is 15.4 Å². The van der Waals surface area contributed by atoms with E-state index in [1.165, 1.54) is 18.2 Å². The predicted octanol–water partition coefficient (Wildman–Crippen LogP) is 0.793. The van der Waals surface area contributed by atoms with E-state index in [0.717, 1.165) is 0 Å². The number of hydrogen-bond acceptors (Lipinski definition) is 4. The van der Waals surface area contributed by atoms with Crippen LogP contribution in [0.5, 0.6) is 0 Å². The molecule has 0 aliphatic rings. The Kier molecular flexibility index (Phi) is 4.17. The molecule has 0 spiro atoms. The standard InChI is InChI=1S/C11H15ClN2O3S/c1-11(2,10(15)6-13)7-3-4-9(8(12)5-7)18(14,16)17/h3-5H,6,13H2,1-2H3,(H2,14,16,17). The van der Waals surface area contributed by atoms with Gasteiger partial charge in [0.15, 0.2) is 5.78 Å². The Morgan fingerprint density at radius 1 is 1.39 bits per heavy atom. The Labute approximate surface area is 111 Å². The molecule has 0 aliphatic heterocycles. The number of halogens is 1. The fourth-order valence-corrected chi connectivity index (χ4v) is 2.63.